The molecule has 1 aromatic heterocycles. The van der Waals surface area contributed by atoms with Gasteiger partial charge in [0.05, 0.1) is 6.21 Å². The van der Waals surface area contributed by atoms with Crippen molar-refractivity contribution in [3.63, 3.8) is 0 Å². The Morgan fingerprint density at radius 2 is 2.35 bits per heavy atom. The lowest BCUT2D eigenvalue weighted by Gasteiger charge is -2.07. The van der Waals surface area contributed by atoms with Gasteiger partial charge in [0, 0.05) is 15.0 Å². The number of amides is 1. The monoisotopic (exact) mass is 352 g/mol. The predicted molar refractivity (Wildman–Crippen MR) is 85.4 cm³/mol. The minimum atomic E-state index is -0.237. The summed E-state index contributed by atoms with van der Waals surface area (Å²) in [5.41, 5.74) is 1.75. The van der Waals surface area contributed by atoms with Crippen molar-refractivity contribution in [2.24, 2.45) is 5.16 Å². The molecule has 2 aromatic rings. The van der Waals surface area contributed by atoms with Gasteiger partial charge < -0.3 is 10.2 Å². The average Bonchev–Trinajstić information content (AvgIpc) is 2.91. The van der Waals surface area contributed by atoms with Crippen molar-refractivity contribution in [2.45, 2.75) is 6.92 Å². The third-order valence-electron chi connectivity index (χ3n) is 2.46. The molecule has 0 bridgehead atoms. The second-order valence-electron chi connectivity index (χ2n) is 4.03. The van der Waals surface area contributed by atoms with Gasteiger partial charge in [-0.2, -0.15) is 0 Å². The number of thiophene rings is 1. The van der Waals surface area contributed by atoms with Crippen LogP contribution in [0.25, 0.3) is 0 Å². The Morgan fingerprint density at radius 1 is 1.50 bits per heavy atom. The lowest BCUT2D eigenvalue weighted by molar-refractivity contribution is -0.120. The number of aryl methyl sites for hydroxylation is 1. The molecule has 1 amide bonds. The standard InChI is InChI=1S/C14H13BrN2O2S/c1-10-7-11(15)4-5-13(10)17-14(18)9-19-16-8-12-3-2-6-20-12/h2-8H,9H2,1H3,(H,17,18)/b16-8+. The Labute approximate surface area is 129 Å². The molecule has 0 radical (unpaired) electrons. The second-order valence-corrected chi connectivity index (χ2v) is 5.93. The van der Waals surface area contributed by atoms with E-state index in [1.54, 1.807) is 17.6 Å². The highest BCUT2D eigenvalue weighted by atomic mass is 79.9. The first-order valence-corrected chi connectivity index (χ1v) is 7.57. The summed E-state index contributed by atoms with van der Waals surface area (Å²) < 4.78 is 0.977. The van der Waals surface area contributed by atoms with E-state index in [1.165, 1.54) is 0 Å². The summed E-state index contributed by atoms with van der Waals surface area (Å²) in [6.07, 6.45) is 1.59. The molecule has 2 rings (SSSR count). The summed E-state index contributed by atoms with van der Waals surface area (Å²) >= 11 is 4.93. The van der Waals surface area contributed by atoms with Crippen molar-refractivity contribution >= 4 is 45.1 Å². The van der Waals surface area contributed by atoms with E-state index < -0.39 is 0 Å². The third kappa shape index (κ3) is 4.47. The molecule has 0 saturated heterocycles. The van der Waals surface area contributed by atoms with Crippen LogP contribution in [-0.2, 0) is 9.63 Å². The van der Waals surface area contributed by atoms with Crippen LogP contribution in [0.3, 0.4) is 0 Å². The molecule has 0 spiro atoms. The zero-order valence-electron chi connectivity index (χ0n) is 10.8. The Balaban J connectivity index is 1.80. The summed E-state index contributed by atoms with van der Waals surface area (Å²) in [5, 5.41) is 8.47. The maximum absolute atomic E-state index is 11.7. The molecule has 0 unspecified atom stereocenters. The van der Waals surface area contributed by atoms with Gasteiger partial charge in [-0.05, 0) is 42.1 Å². The van der Waals surface area contributed by atoms with Crippen LogP contribution in [0.4, 0.5) is 5.69 Å². The highest BCUT2D eigenvalue weighted by molar-refractivity contribution is 9.10. The van der Waals surface area contributed by atoms with Gasteiger partial charge in [0.25, 0.3) is 5.91 Å². The van der Waals surface area contributed by atoms with Crippen molar-refractivity contribution in [3.05, 3.63) is 50.6 Å². The van der Waals surface area contributed by atoms with Crippen LogP contribution in [0.1, 0.15) is 10.4 Å². The van der Waals surface area contributed by atoms with E-state index >= 15 is 0 Å². The van der Waals surface area contributed by atoms with Gasteiger partial charge in [-0.3, -0.25) is 4.79 Å². The normalized spacial score (nSPS) is 10.7. The fourth-order valence-electron chi connectivity index (χ4n) is 1.50. The van der Waals surface area contributed by atoms with Gasteiger partial charge in [-0.15, -0.1) is 11.3 Å². The number of nitrogens with one attached hydrogen (secondary N) is 1. The summed E-state index contributed by atoms with van der Waals surface area (Å²) in [5.74, 6) is -0.237. The zero-order chi connectivity index (χ0) is 14.4. The summed E-state index contributed by atoms with van der Waals surface area (Å²) in [4.78, 5) is 17.6. The SMILES string of the molecule is Cc1cc(Br)ccc1NC(=O)CO/N=C/c1cccs1. The summed E-state index contributed by atoms with van der Waals surface area (Å²) in [7, 11) is 0. The van der Waals surface area contributed by atoms with Gasteiger partial charge in [-0.25, -0.2) is 0 Å². The molecule has 1 N–H and O–H groups in total. The third-order valence-corrected chi connectivity index (χ3v) is 3.76. The lowest BCUT2D eigenvalue weighted by Crippen LogP contribution is -2.17. The second kappa shape index (κ2) is 7.21. The Morgan fingerprint density at radius 3 is 3.05 bits per heavy atom. The molecule has 104 valence electrons. The zero-order valence-corrected chi connectivity index (χ0v) is 13.2. The predicted octanol–water partition coefficient (Wildman–Crippen LogP) is 3.81. The number of carbonyl (C=O) groups is 1. The van der Waals surface area contributed by atoms with Crippen LogP contribution in [0.15, 0.2) is 45.3 Å². The average molecular weight is 353 g/mol. The van der Waals surface area contributed by atoms with Gasteiger partial charge in [0.2, 0.25) is 0 Å². The van der Waals surface area contributed by atoms with Gasteiger partial charge in [0.15, 0.2) is 6.61 Å². The minimum absolute atomic E-state index is 0.114. The molecular formula is C14H13BrN2O2S. The van der Waals surface area contributed by atoms with Gasteiger partial charge >= 0.3 is 0 Å². The molecular weight excluding hydrogens is 340 g/mol. The van der Waals surface area contributed by atoms with Crippen molar-refractivity contribution in [1.29, 1.82) is 0 Å². The molecule has 0 atom stereocenters. The summed E-state index contributed by atoms with van der Waals surface area (Å²) in [6, 6.07) is 9.49. The van der Waals surface area contributed by atoms with E-state index in [2.05, 4.69) is 26.4 Å². The van der Waals surface area contributed by atoms with Crippen molar-refractivity contribution in [1.82, 2.24) is 0 Å². The number of carbonyl (C=O) groups excluding carboxylic acids is 1. The number of anilines is 1. The van der Waals surface area contributed by atoms with E-state index in [1.807, 2.05) is 42.6 Å². The fraction of sp³-hybridized carbons (Fsp3) is 0.143. The Hall–Kier alpha value is -1.66. The largest absolute Gasteiger partial charge is 0.386 e. The fourth-order valence-corrected chi connectivity index (χ4v) is 2.55. The van der Waals surface area contributed by atoms with E-state index in [0.29, 0.717) is 0 Å². The maximum atomic E-state index is 11.7. The molecule has 1 heterocycles. The van der Waals surface area contributed by atoms with Crippen LogP contribution in [0.2, 0.25) is 0 Å². The van der Waals surface area contributed by atoms with Crippen LogP contribution in [-0.4, -0.2) is 18.7 Å². The van der Waals surface area contributed by atoms with Crippen LogP contribution < -0.4 is 5.32 Å². The van der Waals surface area contributed by atoms with Gasteiger partial charge in [0.1, 0.15) is 0 Å². The van der Waals surface area contributed by atoms with Crippen molar-refractivity contribution in [2.75, 3.05) is 11.9 Å². The lowest BCUT2D eigenvalue weighted by atomic mass is 10.2. The number of oxime groups is 1. The Kier molecular flexibility index (Phi) is 5.31. The van der Waals surface area contributed by atoms with E-state index in [0.717, 1.165) is 20.6 Å². The minimum Gasteiger partial charge on any atom is -0.386 e. The van der Waals surface area contributed by atoms with Crippen molar-refractivity contribution < 1.29 is 9.63 Å². The van der Waals surface area contributed by atoms with Gasteiger partial charge in [-0.1, -0.05) is 27.2 Å². The first-order chi connectivity index (χ1) is 9.65. The first-order valence-electron chi connectivity index (χ1n) is 5.90. The molecule has 20 heavy (non-hydrogen) atoms. The Bertz CT molecular complexity index is 612. The summed E-state index contributed by atoms with van der Waals surface area (Å²) in [6.45, 7) is 1.81. The molecule has 0 aliphatic rings. The topological polar surface area (TPSA) is 50.7 Å². The highest BCUT2D eigenvalue weighted by Gasteiger charge is 2.05. The molecule has 6 heteroatoms. The van der Waals surface area contributed by atoms with E-state index in [9.17, 15) is 4.79 Å². The number of rotatable bonds is 5. The molecule has 1 aromatic carbocycles. The molecule has 0 aliphatic carbocycles. The number of benzene rings is 1. The first kappa shape index (κ1) is 14.7. The van der Waals surface area contributed by atoms with E-state index in [-0.39, 0.29) is 12.5 Å². The van der Waals surface area contributed by atoms with E-state index in [4.69, 9.17) is 4.84 Å². The molecule has 0 saturated carbocycles. The number of hydrogen-bond donors (Lipinski definition) is 1. The molecule has 0 aliphatic heterocycles. The van der Waals surface area contributed by atoms with Crippen LogP contribution >= 0.6 is 27.3 Å². The molecule has 4 nitrogen and oxygen atoms in total. The number of halogens is 1. The quantitative estimate of drug-likeness (QED) is 0.657. The smallest absolute Gasteiger partial charge is 0.265 e. The highest BCUT2D eigenvalue weighted by Crippen LogP contribution is 2.19. The van der Waals surface area contributed by atoms with Crippen LogP contribution in [0.5, 0.6) is 0 Å². The maximum Gasteiger partial charge on any atom is 0.265 e. The molecule has 0 fully saturated rings. The number of nitrogens with zero attached hydrogens (tertiary/aromatic N) is 1. The van der Waals surface area contributed by atoms with Crippen LogP contribution in [0, 0.1) is 6.92 Å². The number of hydrogen-bond acceptors (Lipinski definition) is 4. The van der Waals surface area contributed by atoms with Crippen molar-refractivity contribution in [3.8, 4) is 0 Å².